The van der Waals surface area contributed by atoms with Gasteiger partial charge in [-0.15, -0.1) is 0 Å². The lowest BCUT2D eigenvalue weighted by Crippen LogP contribution is -2.37. The van der Waals surface area contributed by atoms with Gasteiger partial charge in [-0.25, -0.2) is 0 Å². The van der Waals surface area contributed by atoms with Crippen molar-refractivity contribution in [2.45, 2.75) is 44.8 Å². The molecule has 0 bridgehead atoms. The van der Waals surface area contributed by atoms with Crippen LogP contribution in [-0.2, 0) is 4.74 Å². The standard InChI is InChI=1S/C14H21NO2/c1-10-7-8-11(9-13(10)16)15-12-5-3-4-6-14(12)17-2/h7-9,12,14-16H,3-6H2,1-2H3. The van der Waals surface area contributed by atoms with Crippen molar-refractivity contribution in [3.8, 4) is 5.75 Å². The summed E-state index contributed by atoms with van der Waals surface area (Å²) in [4.78, 5) is 0. The van der Waals surface area contributed by atoms with Gasteiger partial charge in [0.25, 0.3) is 0 Å². The molecule has 2 N–H and O–H groups in total. The van der Waals surface area contributed by atoms with E-state index in [2.05, 4.69) is 5.32 Å². The number of phenolic OH excluding ortho intramolecular Hbond substituents is 1. The average Bonchev–Trinajstić information content (AvgIpc) is 2.34. The first-order valence-electron chi connectivity index (χ1n) is 6.29. The zero-order valence-electron chi connectivity index (χ0n) is 10.6. The zero-order chi connectivity index (χ0) is 12.3. The summed E-state index contributed by atoms with van der Waals surface area (Å²) in [6.07, 6.45) is 5.02. The Labute approximate surface area is 103 Å². The molecule has 94 valence electrons. The van der Waals surface area contributed by atoms with Crippen molar-refractivity contribution in [1.82, 2.24) is 0 Å². The van der Waals surface area contributed by atoms with Gasteiger partial charge in [-0.3, -0.25) is 0 Å². The van der Waals surface area contributed by atoms with E-state index in [1.807, 2.05) is 19.1 Å². The summed E-state index contributed by atoms with van der Waals surface area (Å²) in [5.74, 6) is 0.347. The van der Waals surface area contributed by atoms with Gasteiger partial charge in [-0.1, -0.05) is 18.9 Å². The van der Waals surface area contributed by atoms with E-state index in [1.54, 1.807) is 13.2 Å². The average molecular weight is 235 g/mol. The number of methoxy groups -OCH3 is 1. The van der Waals surface area contributed by atoms with Crippen LogP contribution < -0.4 is 5.32 Å². The van der Waals surface area contributed by atoms with Crippen molar-refractivity contribution >= 4 is 5.69 Å². The number of benzene rings is 1. The second kappa shape index (κ2) is 5.41. The molecule has 17 heavy (non-hydrogen) atoms. The largest absolute Gasteiger partial charge is 0.508 e. The van der Waals surface area contributed by atoms with Gasteiger partial charge in [0.05, 0.1) is 12.1 Å². The Morgan fingerprint density at radius 3 is 2.76 bits per heavy atom. The molecule has 0 saturated heterocycles. The number of ether oxygens (including phenoxy) is 1. The first-order chi connectivity index (χ1) is 8.20. The summed E-state index contributed by atoms with van der Waals surface area (Å²) in [5, 5.41) is 13.1. The van der Waals surface area contributed by atoms with Gasteiger partial charge in [-0.2, -0.15) is 0 Å². The quantitative estimate of drug-likeness (QED) is 0.846. The number of phenols is 1. The van der Waals surface area contributed by atoms with Crippen molar-refractivity contribution < 1.29 is 9.84 Å². The summed E-state index contributed by atoms with van der Waals surface area (Å²) in [7, 11) is 1.78. The molecular formula is C14H21NO2. The third-order valence-corrected chi connectivity index (χ3v) is 3.57. The molecule has 2 atom stereocenters. The monoisotopic (exact) mass is 235 g/mol. The smallest absolute Gasteiger partial charge is 0.120 e. The molecule has 1 aromatic carbocycles. The Bertz CT molecular complexity index is 378. The third-order valence-electron chi connectivity index (χ3n) is 3.57. The second-order valence-corrected chi connectivity index (χ2v) is 4.81. The van der Waals surface area contributed by atoms with E-state index in [9.17, 15) is 5.11 Å². The minimum Gasteiger partial charge on any atom is -0.508 e. The van der Waals surface area contributed by atoms with Crippen LogP contribution in [0.5, 0.6) is 5.75 Å². The molecule has 0 radical (unpaired) electrons. The van der Waals surface area contributed by atoms with Crippen molar-refractivity contribution in [1.29, 1.82) is 0 Å². The molecule has 1 fully saturated rings. The van der Waals surface area contributed by atoms with Gasteiger partial charge >= 0.3 is 0 Å². The van der Waals surface area contributed by atoms with Crippen LogP contribution in [0.1, 0.15) is 31.2 Å². The molecule has 0 amide bonds. The number of aromatic hydroxyl groups is 1. The molecule has 1 saturated carbocycles. The highest BCUT2D eigenvalue weighted by atomic mass is 16.5. The fourth-order valence-electron chi connectivity index (χ4n) is 2.46. The predicted molar refractivity (Wildman–Crippen MR) is 69.5 cm³/mol. The molecule has 1 aliphatic rings. The molecular weight excluding hydrogens is 214 g/mol. The van der Waals surface area contributed by atoms with E-state index in [4.69, 9.17) is 4.74 Å². The van der Waals surface area contributed by atoms with Crippen LogP contribution in [0.3, 0.4) is 0 Å². The minimum atomic E-state index is 0.284. The molecule has 0 aromatic heterocycles. The maximum absolute atomic E-state index is 9.68. The fraction of sp³-hybridized carbons (Fsp3) is 0.571. The molecule has 3 nitrogen and oxygen atoms in total. The number of aryl methyl sites for hydroxylation is 1. The van der Waals surface area contributed by atoms with Crippen LogP contribution in [0.2, 0.25) is 0 Å². The summed E-state index contributed by atoms with van der Waals surface area (Å²) >= 11 is 0. The van der Waals surface area contributed by atoms with Gasteiger partial charge in [-0.05, 0) is 31.4 Å². The topological polar surface area (TPSA) is 41.5 Å². The SMILES string of the molecule is COC1CCCCC1Nc1ccc(C)c(O)c1. The highest BCUT2D eigenvalue weighted by Gasteiger charge is 2.24. The van der Waals surface area contributed by atoms with Gasteiger partial charge in [0.2, 0.25) is 0 Å². The number of hydrogen-bond donors (Lipinski definition) is 2. The minimum absolute atomic E-state index is 0.284. The van der Waals surface area contributed by atoms with E-state index in [0.29, 0.717) is 11.8 Å². The van der Waals surface area contributed by atoms with Crippen LogP contribution >= 0.6 is 0 Å². The highest BCUT2D eigenvalue weighted by molar-refractivity contribution is 5.51. The van der Waals surface area contributed by atoms with Crippen molar-refractivity contribution in [2.75, 3.05) is 12.4 Å². The van der Waals surface area contributed by atoms with Crippen LogP contribution in [0.25, 0.3) is 0 Å². The van der Waals surface area contributed by atoms with E-state index < -0.39 is 0 Å². The fourth-order valence-corrected chi connectivity index (χ4v) is 2.46. The molecule has 0 aliphatic heterocycles. The lowest BCUT2D eigenvalue weighted by molar-refractivity contribution is 0.0606. The van der Waals surface area contributed by atoms with E-state index in [-0.39, 0.29) is 6.10 Å². The van der Waals surface area contributed by atoms with Gasteiger partial charge in [0.1, 0.15) is 5.75 Å². The molecule has 1 aromatic rings. The third kappa shape index (κ3) is 2.91. The van der Waals surface area contributed by atoms with Gasteiger partial charge in [0.15, 0.2) is 0 Å². The Balaban J connectivity index is 2.05. The maximum Gasteiger partial charge on any atom is 0.120 e. The van der Waals surface area contributed by atoms with Crippen LogP contribution in [0.15, 0.2) is 18.2 Å². The van der Waals surface area contributed by atoms with Gasteiger partial charge in [0, 0.05) is 18.9 Å². The van der Waals surface area contributed by atoms with Crippen molar-refractivity contribution in [3.05, 3.63) is 23.8 Å². The normalized spacial score (nSPS) is 24.6. The summed E-state index contributed by atoms with van der Waals surface area (Å²) < 4.78 is 5.50. The number of hydrogen-bond acceptors (Lipinski definition) is 3. The number of anilines is 1. The molecule has 3 heteroatoms. The first-order valence-corrected chi connectivity index (χ1v) is 6.29. The zero-order valence-corrected chi connectivity index (χ0v) is 10.6. The summed E-state index contributed by atoms with van der Waals surface area (Å²) in [6.45, 7) is 1.90. The lowest BCUT2D eigenvalue weighted by atomic mass is 9.92. The molecule has 2 unspecified atom stereocenters. The number of nitrogens with one attached hydrogen (secondary N) is 1. The predicted octanol–water partition coefficient (Wildman–Crippen LogP) is 3.07. The molecule has 0 spiro atoms. The Morgan fingerprint density at radius 1 is 1.29 bits per heavy atom. The van der Waals surface area contributed by atoms with E-state index in [0.717, 1.165) is 24.1 Å². The Hall–Kier alpha value is -1.22. The molecule has 0 heterocycles. The molecule has 1 aliphatic carbocycles. The van der Waals surface area contributed by atoms with Gasteiger partial charge < -0.3 is 15.2 Å². The molecule has 2 rings (SSSR count). The summed E-state index contributed by atoms with van der Waals surface area (Å²) in [6, 6.07) is 6.09. The van der Waals surface area contributed by atoms with Crippen LogP contribution in [-0.4, -0.2) is 24.4 Å². The second-order valence-electron chi connectivity index (χ2n) is 4.81. The lowest BCUT2D eigenvalue weighted by Gasteiger charge is -2.31. The van der Waals surface area contributed by atoms with Crippen molar-refractivity contribution in [3.63, 3.8) is 0 Å². The number of rotatable bonds is 3. The van der Waals surface area contributed by atoms with Crippen LogP contribution in [0.4, 0.5) is 5.69 Å². The van der Waals surface area contributed by atoms with Crippen molar-refractivity contribution in [2.24, 2.45) is 0 Å². The Kier molecular flexibility index (Phi) is 3.89. The Morgan fingerprint density at radius 2 is 2.06 bits per heavy atom. The van der Waals surface area contributed by atoms with Crippen LogP contribution in [0, 0.1) is 6.92 Å². The first kappa shape index (κ1) is 12.2. The summed E-state index contributed by atoms with van der Waals surface area (Å²) in [5.41, 5.74) is 1.88. The van der Waals surface area contributed by atoms with E-state index in [1.165, 1.54) is 12.8 Å². The van der Waals surface area contributed by atoms with E-state index >= 15 is 0 Å². The maximum atomic E-state index is 9.68. The highest BCUT2D eigenvalue weighted by Crippen LogP contribution is 2.26.